The quantitative estimate of drug-likeness (QED) is 0.642. The molecule has 0 spiro atoms. The highest BCUT2D eigenvalue weighted by Crippen LogP contribution is 2.25. The van der Waals surface area contributed by atoms with Gasteiger partial charge in [0.1, 0.15) is 6.54 Å². The van der Waals surface area contributed by atoms with Crippen LogP contribution >= 0.6 is 11.3 Å². The zero-order valence-corrected chi connectivity index (χ0v) is 17.3. The number of thiazole rings is 1. The number of tetrazole rings is 1. The summed E-state index contributed by atoms with van der Waals surface area (Å²) in [5, 5.41) is 14.9. The van der Waals surface area contributed by atoms with Crippen molar-refractivity contribution in [3.63, 3.8) is 0 Å². The summed E-state index contributed by atoms with van der Waals surface area (Å²) < 4.78 is 1.60. The summed E-state index contributed by atoms with van der Waals surface area (Å²) in [6, 6.07) is 9.99. The number of likely N-dealkylation sites (tertiary alicyclic amines) is 1. The second kappa shape index (κ2) is 9.23. The highest BCUT2D eigenvalue weighted by molar-refractivity contribution is 7.10. The standard InChI is InChI=1S/C20H25N7OS/c1-15-7-9-26(10-8-15)12-18-23-24-25-27(18)13-19(28)21-11-17-20(22-14-29-17)16-5-3-2-4-6-16/h2-6,14-15H,7-13H2,1H3,(H,21,28). The van der Waals surface area contributed by atoms with Crippen molar-refractivity contribution in [3.05, 3.63) is 46.5 Å². The molecule has 0 radical (unpaired) electrons. The second-order valence-corrected chi connectivity index (χ2v) is 8.42. The molecule has 29 heavy (non-hydrogen) atoms. The van der Waals surface area contributed by atoms with Crippen molar-refractivity contribution in [2.24, 2.45) is 5.92 Å². The van der Waals surface area contributed by atoms with Crippen molar-refractivity contribution < 1.29 is 4.79 Å². The fourth-order valence-electron chi connectivity index (χ4n) is 3.48. The summed E-state index contributed by atoms with van der Waals surface area (Å²) in [7, 11) is 0. The number of nitrogens with zero attached hydrogens (tertiary/aromatic N) is 6. The number of carbonyl (C=O) groups is 1. The van der Waals surface area contributed by atoms with Crippen LogP contribution in [0, 0.1) is 5.92 Å². The number of benzene rings is 1. The summed E-state index contributed by atoms with van der Waals surface area (Å²) in [6.45, 7) is 5.63. The van der Waals surface area contributed by atoms with Crippen LogP contribution in [-0.4, -0.2) is 49.1 Å². The van der Waals surface area contributed by atoms with Crippen LogP contribution in [0.5, 0.6) is 0 Å². The van der Waals surface area contributed by atoms with Gasteiger partial charge in [0.2, 0.25) is 5.91 Å². The first-order valence-corrected chi connectivity index (χ1v) is 10.8. The second-order valence-electron chi connectivity index (χ2n) is 7.48. The molecular formula is C20H25N7OS. The first-order valence-electron chi connectivity index (χ1n) is 9.91. The smallest absolute Gasteiger partial charge is 0.242 e. The van der Waals surface area contributed by atoms with Gasteiger partial charge >= 0.3 is 0 Å². The molecule has 1 N–H and O–H groups in total. The Hall–Kier alpha value is -2.65. The minimum absolute atomic E-state index is 0.113. The van der Waals surface area contributed by atoms with Gasteiger partial charge in [-0.2, -0.15) is 0 Å². The highest BCUT2D eigenvalue weighted by atomic mass is 32.1. The molecule has 0 atom stereocenters. The molecule has 1 saturated heterocycles. The van der Waals surface area contributed by atoms with Gasteiger partial charge in [0.15, 0.2) is 5.82 Å². The first-order chi connectivity index (χ1) is 14.2. The van der Waals surface area contributed by atoms with Crippen LogP contribution in [0.1, 0.15) is 30.5 Å². The molecule has 3 aromatic rings. The van der Waals surface area contributed by atoms with E-state index in [1.807, 2.05) is 35.8 Å². The molecule has 4 rings (SSSR count). The van der Waals surface area contributed by atoms with Crippen molar-refractivity contribution in [1.29, 1.82) is 0 Å². The number of amides is 1. The molecule has 0 unspecified atom stereocenters. The third kappa shape index (κ3) is 5.04. The predicted octanol–water partition coefficient (Wildman–Crippen LogP) is 2.34. The SMILES string of the molecule is CC1CCN(Cc2nnnn2CC(=O)NCc2scnc2-c2ccccc2)CC1. The van der Waals surface area contributed by atoms with E-state index in [2.05, 4.69) is 37.6 Å². The first kappa shape index (κ1) is 19.7. The van der Waals surface area contributed by atoms with Crippen molar-refractivity contribution in [2.75, 3.05) is 13.1 Å². The summed E-state index contributed by atoms with van der Waals surface area (Å²) in [5.74, 6) is 1.40. The Balaban J connectivity index is 1.32. The molecular weight excluding hydrogens is 386 g/mol. The number of hydrogen-bond acceptors (Lipinski definition) is 7. The summed E-state index contributed by atoms with van der Waals surface area (Å²) in [6.07, 6.45) is 2.39. The molecule has 3 heterocycles. The highest BCUT2D eigenvalue weighted by Gasteiger charge is 2.19. The minimum Gasteiger partial charge on any atom is -0.350 e. The largest absolute Gasteiger partial charge is 0.350 e. The van der Waals surface area contributed by atoms with E-state index in [1.54, 1.807) is 16.0 Å². The number of carbonyl (C=O) groups excluding carboxylic acids is 1. The zero-order valence-electron chi connectivity index (χ0n) is 16.5. The van der Waals surface area contributed by atoms with E-state index in [0.717, 1.165) is 41.0 Å². The van der Waals surface area contributed by atoms with E-state index in [0.29, 0.717) is 13.1 Å². The molecule has 8 nitrogen and oxygen atoms in total. The average molecular weight is 412 g/mol. The van der Waals surface area contributed by atoms with Crippen LogP contribution in [-0.2, 0) is 24.4 Å². The molecule has 0 aliphatic carbocycles. The maximum absolute atomic E-state index is 12.5. The Labute approximate surface area is 174 Å². The number of aromatic nitrogens is 5. The van der Waals surface area contributed by atoms with Crippen LogP contribution in [0.2, 0.25) is 0 Å². The lowest BCUT2D eigenvalue weighted by atomic mass is 9.99. The molecule has 0 bridgehead atoms. The van der Waals surface area contributed by atoms with Gasteiger partial charge in [-0.3, -0.25) is 9.69 Å². The van der Waals surface area contributed by atoms with Gasteiger partial charge in [0.05, 0.1) is 29.2 Å². The number of hydrogen-bond donors (Lipinski definition) is 1. The number of rotatable bonds is 7. The third-order valence-corrected chi connectivity index (χ3v) is 6.11. The molecule has 9 heteroatoms. The van der Waals surface area contributed by atoms with E-state index in [-0.39, 0.29) is 12.5 Å². The normalized spacial score (nSPS) is 15.5. The van der Waals surface area contributed by atoms with Crippen LogP contribution in [0.3, 0.4) is 0 Å². The van der Waals surface area contributed by atoms with Crippen molar-refractivity contribution in [1.82, 2.24) is 35.4 Å². The number of nitrogens with one attached hydrogen (secondary N) is 1. The molecule has 1 fully saturated rings. The lowest BCUT2D eigenvalue weighted by Crippen LogP contribution is -2.34. The minimum atomic E-state index is -0.113. The maximum Gasteiger partial charge on any atom is 0.242 e. The Bertz CT molecular complexity index is 931. The molecule has 1 amide bonds. The maximum atomic E-state index is 12.5. The lowest BCUT2D eigenvalue weighted by molar-refractivity contribution is -0.122. The van der Waals surface area contributed by atoms with Crippen molar-refractivity contribution >= 4 is 17.2 Å². The van der Waals surface area contributed by atoms with Crippen LogP contribution in [0.15, 0.2) is 35.8 Å². The van der Waals surface area contributed by atoms with E-state index in [4.69, 9.17) is 0 Å². The Morgan fingerprint density at radius 3 is 2.83 bits per heavy atom. The topological polar surface area (TPSA) is 88.8 Å². The van der Waals surface area contributed by atoms with Crippen molar-refractivity contribution in [3.8, 4) is 11.3 Å². The molecule has 1 aliphatic rings. The Morgan fingerprint density at radius 2 is 2.03 bits per heavy atom. The van der Waals surface area contributed by atoms with Gasteiger partial charge < -0.3 is 5.32 Å². The molecule has 1 aliphatic heterocycles. The van der Waals surface area contributed by atoms with Gasteiger partial charge in [-0.15, -0.1) is 16.4 Å². The fraction of sp³-hybridized carbons (Fsp3) is 0.450. The van der Waals surface area contributed by atoms with Gasteiger partial charge in [-0.05, 0) is 42.3 Å². The molecule has 0 saturated carbocycles. The Morgan fingerprint density at radius 1 is 1.24 bits per heavy atom. The summed E-state index contributed by atoms with van der Waals surface area (Å²) in [5.41, 5.74) is 3.78. The van der Waals surface area contributed by atoms with E-state index >= 15 is 0 Å². The van der Waals surface area contributed by atoms with E-state index < -0.39 is 0 Å². The van der Waals surface area contributed by atoms with Gasteiger partial charge in [-0.1, -0.05) is 37.3 Å². The predicted molar refractivity (Wildman–Crippen MR) is 111 cm³/mol. The van der Waals surface area contributed by atoms with E-state index in [9.17, 15) is 4.79 Å². The van der Waals surface area contributed by atoms with Crippen molar-refractivity contribution in [2.45, 2.75) is 39.4 Å². The average Bonchev–Trinajstić information content (AvgIpc) is 3.38. The van der Waals surface area contributed by atoms with Gasteiger partial charge in [-0.25, -0.2) is 9.67 Å². The molecule has 1 aromatic carbocycles. The lowest BCUT2D eigenvalue weighted by Gasteiger charge is -2.29. The molecule has 2 aromatic heterocycles. The van der Waals surface area contributed by atoms with Crippen LogP contribution in [0.25, 0.3) is 11.3 Å². The van der Waals surface area contributed by atoms with Crippen LogP contribution < -0.4 is 5.32 Å². The monoisotopic (exact) mass is 411 g/mol. The third-order valence-electron chi connectivity index (χ3n) is 5.27. The molecule has 152 valence electrons. The Kier molecular flexibility index (Phi) is 6.26. The summed E-state index contributed by atoms with van der Waals surface area (Å²) >= 11 is 1.54. The van der Waals surface area contributed by atoms with Gasteiger partial charge in [0.25, 0.3) is 0 Å². The zero-order chi connectivity index (χ0) is 20.1. The summed E-state index contributed by atoms with van der Waals surface area (Å²) in [4.78, 5) is 20.3. The fourth-order valence-corrected chi connectivity index (χ4v) is 4.20. The van der Waals surface area contributed by atoms with E-state index in [1.165, 1.54) is 12.8 Å². The van der Waals surface area contributed by atoms with Gasteiger partial charge in [0, 0.05) is 5.56 Å². The number of piperidine rings is 1. The van der Waals surface area contributed by atoms with Crippen LogP contribution in [0.4, 0.5) is 0 Å².